The van der Waals surface area contributed by atoms with Crippen LogP contribution in [0, 0.1) is 0 Å². The van der Waals surface area contributed by atoms with Gasteiger partial charge in [0.2, 0.25) is 0 Å². The van der Waals surface area contributed by atoms with E-state index in [2.05, 4.69) is 35.6 Å². The lowest BCUT2D eigenvalue weighted by molar-refractivity contribution is -0.119. The molecule has 0 aromatic heterocycles. The van der Waals surface area contributed by atoms with Gasteiger partial charge in [-0.25, -0.2) is 0 Å². The summed E-state index contributed by atoms with van der Waals surface area (Å²) in [4.78, 5) is 10.9. The van der Waals surface area contributed by atoms with Gasteiger partial charge in [0.1, 0.15) is 5.75 Å². The van der Waals surface area contributed by atoms with Gasteiger partial charge >= 0.3 is 0 Å². The molecule has 0 spiro atoms. The first-order chi connectivity index (χ1) is 10.7. The molecule has 1 amide bonds. The van der Waals surface area contributed by atoms with Gasteiger partial charge in [-0.15, -0.1) is 0 Å². The smallest absolute Gasteiger partial charge is 0.255 e. The number of ether oxygens (including phenoxy) is 1. The number of nitrogens with two attached hydrogens (primary N) is 1. The fourth-order valence-electron chi connectivity index (χ4n) is 2.91. The molecule has 0 aliphatic carbocycles. The molecule has 114 valence electrons. The van der Waals surface area contributed by atoms with Gasteiger partial charge in [0.15, 0.2) is 6.61 Å². The van der Waals surface area contributed by atoms with E-state index in [4.69, 9.17) is 10.5 Å². The third kappa shape index (κ3) is 3.12. The molecule has 0 radical (unpaired) electrons. The Labute approximate surface area is 130 Å². The van der Waals surface area contributed by atoms with E-state index in [9.17, 15) is 4.79 Å². The van der Waals surface area contributed by atoms with Gasteiger partial charge in [-0.05, 0) is 29.7 Å². The van der Waals surface area contributed by atoms with Gasteiger partial charge < -0.3 is 15.8 Å². The number of carbonyl (C=O) groups is 1. The molecule has 1 fully saturated rings. The molecule has 4 nitrogen and oxygen atoms in total. The van der Waals surface area contributed by atoms with Crippen molar-refractivity contribution in [1.82, 2.24) is 5.32 Å². The SMILES string of the molecule is NC(=O)COc1cccc(C2(Cc3ccccc3)CNC2)c1. The van der Waals surface area contributed by atoms with Crippen LogP contribution >= 0.6 is 0 Å². The van der Waals surface area contributed by atoms with Crippen molar-refractivity contribution in [3.63, 3.8) is 0 Å². The molecule has 1 saturated heterocycles. The summed E-state index contributed by atoms with van der Waals surface area (Å²) in [5, 5.41) is 3.38. The lowest BCUT2D eigenvalue weighted by atomic mass is 9.71. The van der Waals surface area contributed by atoms with Gasteiger partial charge in [-0.3, -0.25) is 4.79 Å². The monoisotopic (exact) mass is 296 g/mol. The van der Waals surface area contributed by atoms with Crippen molar-refractivity contribution in [2.45, 2.75) is 11.8 Å². The first-order valence-electron chi connectivity index (χ1n) is 7.44. The number of hydrogen-bond acceptors (Lipinski definition) is 3. The minimum absolute atomic E-state index is 0.0899. The lowest BCUT2D eigenvalue weighted by Crippen LogP contribution is -2.58. The largest absolute Gasteiger partial charge is 0.484 e. The van der Waals surface area contributed by atoms with E-state index in [1.165, 1.54) is 11.1 Å². The molecule has 4 heteroatoms. The van der Waals surface area contributed by atoms with Crippen LogP contribution in [0.3, 0.4) is 0 Å². The van der Waals surface area contributed by atoms with Crippen LogP contribution in [-0.4, -0.2) is 25.6 Å². The quantitative estimate of drug-likeness (QED) is 0.851. The van der Waals surface area contributed by atoms with Crippen LogP contribution in [0.25, 0.3) is 0 Å². The number of hydrogen-bond donors (Lipinski definition) is 2. The molecule has 22 heavy (non-hydrogen) atoms. The number of benzene rings is 2. The van der Waals surface area contributed by atoms with Crippen LogP contribution in [0.1, 0.15) is 11.1 Å². The lowest BCUT2D eigenvalue weighted by Gasteiger charge is -2.43. The van der Waals surface area contributed by atoms with E-state index in [0.29, 0.717) is 5.75 Å². The van der Waals surface area contributed by atoms with Crippen LogP contribution in [0.2, 0.25) is 0 Å². The molecule has 0 unspecified atom stereocenters. The Morgan fingerprint density at radius 1 is 1.14 bits per heavy atom. The Bertz CT molecular complexity index is 651. The molecule has 2 aromatic carbocycles. The average Bonchev–Trinajstić information content (AvgIpc) is 2.50. The first kappa shape index (κ1) is 14.6. The molecule has 0 bridgehead atoms. The number of amides is 1. The zero-order valence-electron chi connectivity index (χ0n) is 12.4. The molecule has 3 N–H and O–H groups in total. The average molecular weight is 296 g/mol. The van der Waals surface area contributed by atoms with Crippen molar-refractivity contribution in [3.8, 4) is 5.75 Å². The van der Waals surface area contributed by atoms with E-state index in [1.54, 1.807) is 0 Å². The Kier molecular flexibility index (Phi) is 4.11. The van der Waals surface area contributed by atoms with Crippen LogP contribution in [-0.2, 0) is 16.6 Å². The number of primary amides is 1. The zero-order chi connectivity index (χ0) is 15.4. The summed E-state index contributed by atoms with van der Waals surface area (Å²) in [6.45, 7) is 1.80. The molecule has 3 rings (SSSR count). The van der Waals surface area contributed by atoms with E-state index >= 15 is 0 Å². The molecule has 1 heterocycles. The number of carbonyl (C=O) groups excluding carboxylic acids is 1. The van der Waals surface area contributed by atoms with Crippen molar-refractivity contribution in [3.05, 3.63) is 65.7 Å². The topological polar surface area (TPSA) is 64.4 Å². The van der Waals surface area contributed by atoms with Crippen LogP contribution in [0.15, 0.2) is 54.6 Å². The fourth-order valence-corrected chi connectivity index (χ4v) is 2.91. The van der Waals surface area contributed by atoms with Gasteiger partial charge in [0, 0.05) is 18.5 Å². The highest BCUT2D eigenvalue weighted by Gasteiger charge is 2.38. The van der Waals surface area contributed by atoms with Crippen molar-refractivity contribution >= 4 is 5.91 Å². The number of nitrogens with one attached hydrogen (secondary N) is 1. The molecule has 0 atom stereocenters. The summed E-state index contributed by atoms with van der Waals surface area (Å²) >= 11 is 0. The van der Waals surface area contributed by atoms with E-state index in [-0.39, 0.29) is 12.0 Å². The minimum Gasteiger partial charge on any atom is -0.484 e. The summed E-state index contributed by atoms with van der Waals surface area (Å²) < 4.78 is 5.43. The standard InChI is InChI=1S/C18H20N2O2/c19-17(21)11-22-16-8-4-7-15(9-16)18(12-20-13-18)10-14-5-2-1-3-6-14/h1-9,20H,10-13H2,(H2,19,21). The maximum atomic E-state index is 10.9. The summed E-state index contributed by atoms with van der Waals surface area (Å²) in [5.41, 5.74) is 7.78. The molecule has 1 aliphatic rings. The minimum atomic E-state index is -0.463. The zero-order valence-corrected chi connectivity index (χ0v) is 12.4. The van der Waals surface area contributed by atoms with Crippen LogP contribution < -0.4 is 15.8 Å². The van der Waals surface area contributed by atoms with Gasteiger partial charge in [-0.1, -0.05) is 42.5 Å². The van der Waals surface area contributed by atoms with Crippen molar-refractivity contribution in [1.29, 1.82) is 0 Å². The molecular weight excluding hydrogens is 276 g/mol. The second kappa shape index (κ2) is 6.20. The molecular formula is C18H20N2O2. The van der Waals surface area contributed by atoms with E-state index < -0.39 is 5.91 Å². The molecule has 2 aromatic rings. The highest BCUT2D eigenvalue weighted by molar-refractivity contribution is 5.75. The second-order valence-corrected chi connectivity index (χ2v) is 5.83. The Hall–Kier alpha value is -2.33. The predicted octanol–water partition coefficient (Wildman–Crippen LogP) is 1.63. The summed E-state index contributed by atoms with van der Waals surface area (Å²) in [7, 11) is 0. The third-order valence-electron chi connectivity index (χ3n) is 4.14. The molecule has 0 saturated carbocycles. The number of rotatable bonds is 6. The van der Waals surface area contributed by atoms with Crippen molar-refractivity contribution in [2.75, 3.05) is 19.7 Å². The Morgan fingerprint density at radius 2 is 1.91 bits per heavy atom. The highest BCUT2D eigenvalue weighted by atomic mass is 16.5. The maximum Gasteiger partial charge on any atom is 0.255 e. The van der Waals surface area contributed by atoms with E-state index in [0.717, 1.165) is 19.5 Å². The Morgan fingerprint density at radius 3 is 2.55 bits per heavy atom. The van der Waals surface area contributed by atoms with Crippen LogP contribution in [0.5, 0.6) is 5.75 Å². The highest BCUT2D eigenvalue weighted by Crippen LogP contribution is 2.34. The summed E-state index contributed by atoms with van der Waals surface area (Å²) in [5.74, 6) is 0.227. The summed E-state index contributed by atoms with van der Waals surface area (Å²) in [6, 6.07) is 18.5. The van der Waals surface area contributed by atoms with E-state index in [1.807, 2.05) is 24.3 Å². The van der Waals surface area contributed by atoms with Crippen molar-refractivity contribution in [2.24, 2.45) is 5.73 Å². The first-order valence-corrected chi connectivity index (χ1v) is 7.44. The fraction of sp³-hybridized carbons (Fsp3) is 0.278. The normalized spacial score (nSPS) is 15.8. The van der Waals surface area contributed by atoms with Gasteiger partial charge in [-0.2, -0.15) is 0 Å². The third-order valence-corrected chi connectivity index (χ3v) is 4.14. The van der Waals surface area contributed by atoms with Gasteiger partial charge in [0.25, 0.3) is 5.91 Å². The van der Waals surface area contributed by atoms with Gasteiger partial charge in [0.05, 0.1) is 0 Å². The second-order valence-electron chi connectivity index (χ2n) is 5.83. The summed E-state index contributed by atoms with van der Waals surface area (Å²) in [6.07, 6.45) is 0.986. The maximum absolute atomic E-state index is 10.9. The predicted molar refractivity (Wildman–Crippen MR) is 85.8 cm³/mol. The Balaban J connectivity index is 1.81. The van der Waals surface area contributed by atoms with Crippen LogP contribution in [0.4, 0.5) is 0 Å². The molecule has 1 aliphatic heterocycles. The van der Waals surface area contributed by atoms with Crippen molar-refractivity contribution < 1.29 is 9.53 Å².